The molecule has 2 aromatic rings. The van der Waals surface area contributed by atoms with E-state index in [0.29, 0.717) is 36.1 Å². The Bertz CT molecular complexity index is 566. The Labute approximate surface area is 116 Å². The quantitative estimate of drug-likeness (QED) is 0.920. The van der Waals surface area contributed by atoms with Gasteiger partial charge in [-0.1, -0.05) is 5.16 Å². The van der Waals surface area contributed by atoms with Crippen molar-refractivity contribution in [2.45, 2.75) is 50.4 Å². The molecule has 0 spiro atoms. The summed E-state index contributed by atoms with van der Waals surface area (Å²) in [4.78, 5) is 6.79. The van der Waals surface area contributed by atoms with Gasteiger partial charge in [-0.05, 0) is 37.8 Å². The van der Waals surface area contributed by atoms with E-state index < -0.39 is 0 Å². The van der Waals surface area contributed by atoms with E-state index in [1.54, 1.807) is 18.4 Å². The summed E-state index contributed by atoms with van der Waals surface area (Å²) in [7, 11) is 0. The normalized spacial score (nSPS) is 29.9. The van der Waals surface area contributed by atoms with Crippen LogP contribution in [-0.4, -0.2) is 38.3 Å². The van der Waals surface area contributed by atoms with Crippen LogP contribution in [0.3, 0.4) is 0 Å². The van der Waals surface area contributed by atoms with Crippen molar-refractivity contribution in [1.29, 1.82) is 0 Å². The van der Waals surface area contributed by atoms with Crippen molar-refractivity contribution < 1.29 is 14.0 Å². The highest BCUT2D eigenvalue weighted by molar-refractivity contribution is 5.42. The first-order chi connectivity index (χ1) is 9.79. The van der Waals surface area contributed by atoms with Gasteiger partial charge >= 0.3 is 0 Å². The molecule has 20 heavy (non-hydrogen) atoms. The average Bonchev–Trinajstić information content (AvgIpc) is 3.12. The zero-order chi connectivity index (χ0) is 13.5. The number of hydrogen-bond acceptors (Lipinski definition) is 6. The van der Waals surface area contributed by atoms with Crippen molar-refractivity contribution in [2.75, 3.05) is 0 Å². The van der Waals surface area contributed by atoms with E-state index in [2.05, 4.69) is 15.0 Å². The van der Waals surface area contributed by atoms with Gasteiger partial charge in [0.1, 0.15) is 0 Å². The van der Waals surface area contributed by atoms with Crippen LogP contribution in [-0.2, 0) is 6.54 Å². The van der Waals surface area contributed by atoms with Gasteiger partial charge in [0.05, 0.1) is 18.9 Å². The van der Waals surface area contributed by atoms with Crippen LogP contribution in [0.25, 0.3) is 11.7 Å². The molecule has 2 fully saturated rings. The molecular weight excluding hydrogens is 258 g/mol. The van der Waals surface area contributed by atoms with Crippen LogP contribution >= 0.6 is 0 Å². The Kier molecular flexibility index (Phi) is 2.85. The molecule has 2 atom stereocenters. The van der Waals surface area contributed by atoms with E-state index in [1.165, 1.54) is 0 Å². The van der Waals surface area contributed by atoms with E-state index in [4.69, 9.17) is 8.94 Å². The molecule has 1 N–H and O–H groups in total. The second kappa shape index (κ2) is 4.71. The molecule has 0 aromatic carbocycles. The number of fused-ring (bicyclic) bond motifs is 2. The summed E-state index contributed by atoms with van der Waals surface area (Å²) in [6.45, 7) is 0.687. The SMILES string of the molecule is OC1CC2CCC(C1)N2Cc1noc(-c2ccco2)n1. The third kappa shape index (κ3) is 2.05. The van der Waals surface area contributed by atoms with Crippen molar-refractivity contribution in [3.05, 3.63) is 24.2 Å². The maximum absolute atomic E-state index is 9.81. The van der Waals surface area contributed by atoms with E-state index >= 15 is 0 Å². The van der Waals surface area contributed by atoms with Gasteiger partial charge in [0.25, 0.3) is 5.89 Å². The molecule has 2 saturated heterocycles. The molecule has 4 rings (SSSR count). The van der Waals surface area contributed by atoms with Gasteiger partial charge in [-0.25, -0.2) is 0 Å². The molecule has 2 aromatic heterocycles. The predicted octanol–water partition coefficient (Wildman–Crippen LogP) is 1.82. The molecule has 2 aliphatic heterocycles. The van der Waals surface area contributed by atoms with Crippen molar-refractivity contribution >= 4 is 0 Å². The number of piperidine rings is 1. The summed E-state index contributed by atoms with van der Waals surface area (Å²) in [5.41, 5.74) is 0. The second-order valence-electron chi connectivity index (χ2n) is 5.68. The van der Waals surface area contributed by atoms with E-state index in [0.717, 1.165) is 25.7 Å². The topological polar surface area (TPSA) is 75.5 Å². The lowest BCUT2D eigenvalue weighted by atomic mass is 10.00. The predicted molar refractivity (Wildman–Crippen MR) is 69.6 cm³/mol. The third-order valence-electron chi connectivity index (χ3n) is 4.38. The lowest BCUT2D eigenvalue weighted by Crippen LogP contribution is -2.44. The lowest BCUT2D eigenvalue weighted by Gasteiger charge is -2.36. The first-order valence-corrected chi connectivity index (χ1v) is 7.10. The number of aliphatic hydroxyl groups is 1. The summed E-state index contributed by atoms with van der Waals surface area (Å²) in [5.74, 6) is 1.71. The Balaban J connectivity index is 1.50. The van der Waals surface area contributed by atoms with Crippen molar-refractivity contribution in [2.24, 2.45) is 0 Å². The highest BCUT2D eigenvalue weighted by atomic mass is 16.5. The number of aliphatic hydroxyl groups excluding tert-OH is 1. The Morgan fingerprint density at radius 2 is 2.10 bits per heavy atom. The molecule has 6 nitrogen and oxygen atoms in total. The molecule has 106 valence electrons. The number of hydrogen-bond donors (Lipinski definition) is 1. The molecule has 4 heterocycles. The molecule has 2 unspecified atom stereocenters. The minimum absolute atomic E-state index is 0.146. The summed E-state index contributed by atoms with van der Waals surface area (Å²) in [6.07, 6.45) is 5.48. The summed E-state index contributed by atoms with van der Waals surface area (Å²) in [6, 6.07) is 4.51. The molecule has 2 aliphatic rings. The molecule has 0 saturated carbocycles. The molecule has 2 bridgehead atoms. The summed E-state index contributed by atoms with van der Waals surface area (Å²) in [5, 5.41) is 13.8. The smallest absolute Gasteiger partial charge is 0.293 e. The van der Waals surface area contributed by atoms with Gasteiger partial charge in [0, 0.05) is 12.1 Å². The minimum atomic E-state index is -0.146. The van der Waals surface area contributed by atoms with Crippen LogP contribution in [0, 0.1) is 0 Å². The standard InChI is InChI=1S/C14H17N3O3/c18-11-6-9-3-4-10(7-11)17(9)8-13-15-14(20-16-13)12-2-1-5-19-12/h1-2,5,9-11,18H,3-4,6-8H2. The number of nitrogens with zero attached hydrogens (tertiary/aromatic N) is 3. The first kappa shape index (κ1) is 12.1. The highest BCUT2D eigenvalue weighted by Gasteiger charge is 2.40. The van der Waals surface area contributed by atoms with Crippen LogP contribution in [0.15, 0.2) is 27.3 Å². The molecular formula is C14H17N3O3. The fraction of sp³-hybridized carbons (Fsp3) is 0.571. The van der Waals surface area contributed by atoms with Crippen molar-refractivity contribution in [1.82, 2.24) is 15.0 Å². The molecule has 0 radical (unpaired) electrons. The summed E-state index contributed by atoms with van der Waals surface area (Å²) >= 11 is 0. The van der Waals surface area contributed by atoms with Gasteiger partial charge in [-0.3, -0.25) is 4.90 Å². The van der Waals surface area contributed by atoms with Gasteiger partial charge in [0.15, 0.2) is 11.6 Å². The molecule has 0 amide bonds. The van der Waals surface area contributed by atoms with Crippen LogP contribution in [0.5, 0.6) is 0 Å². The van der Waals surface area contributed by atoms with Gasteiger partial charge in [-0.15, -0.1) is 0 Å². The van der Waals surface area contributed by atoms with Crippen molar-refractivity contribution in [3.8, 4) is 11.7 Å². The fourth-order valence-electron chi connectivity index (χ4n) is 3.49. The summed E-state index contributed by atoms with van der Waals surface area (Å²) < 4.78 is 10.5. The number of aromatic nitrogens is 2. The van der Waals surface area contributed by atoms with Crippen LogP contribution in [0.4, 0.5) is 0 Å². The van der Waals surface area contributed by atoms with Gasteiger partial charge < -0.3 is 14.0 Å². The zero-order valence-electron chi connectivity index (χ0n) is 11.1. The van der Waals surface area contributed by atoms with Crippen LogP contribution < -0.4 is 0 Å². The Morgan fingerprint density at radius 1 is 1.30 bits per heavy atom. The second-order valence-corrected chi connectivity index (χ2v) is 5.68. The van der Waals surface area contributed by atoms with Crippen LogP contribution in [0.1, 0.15) is 31.5 Å². The maximum Gasteiger partial charge on any atom is 0.293 e. The average molecular weight is 275 g/mol. The fourth-order valence-corrected chi connectivity index (χ4v) is 3.49. The lowest BCUT2D eigenvalue weighted by molar-refractivity contribution is 0.0293. The monoisotopic (exact) mass is 275 g/mol. The first-order valence-electron chi connectivity index (χ1n) is 7.10. The van der Waals surface area contributed by atoms with E-state index in [-0.39, 0.29) is 6.10 Å². The van der Waals surface area contributed by atoms with Gasteiger partial charge in [-0.2, -0.15) is 4.98 Å². The highest BCUT2D eigenvalue weighted by Crippen LogP contribution is 2.36. The van der Waals surface area contributed by atoms with Crippen molar-refractivity contribution in [3.63, 3.8) is 0 Å². The third-order valence-corrected chi connectivity index (χ3v) is 4.38. The maximum atomic E-state index is 9.81. The number of rotatable bonds is 3. The number of furan rings is 1. The van der Waals surface area contributed by atoms with E-state index in [9.17, 15) is 5.11 Å². The van der Waals surface area contributed by atoms with Crippen LogP contribution in [0.2, 0.25) is 0 Å². The largest absolute Gasteiger partial charge is 0.459 e. The zero-order valence-corrected chi connectivity index (χ0v) is 11.1. The van der Waals surface area contributed by atoms with Gasteiger partial charge in [0.2, 0.25) is 0 Å². The Morgan fingerprint density at radius 3 is 2.80 bits per heavy atom. The van der Waals surface area contributed by atoms with E-state index in [1.807, 2.05) is 0 Å². The Hall–Kier alpha value is -1.66. The minimum Gasteiger partial charge on any atom is -0.459 e. The molecule has 6 heteroatoms. The molecule has 0 aliphatic carbocycles.